The Morgan fingerprint density at radius 2 is 2.24 bits per heavy atom. The average molecular weight is 229 g/mol. The van der Waals surface area contributed by atoms with Gasteiger partial charge in [0.1, 0.15) is 11.6 Å². The Balaban J connectivity index is 1.82. The van der Waals surface area contributed by atoms with E-state index >= 15 is 0 Å². The third-order valence-electron chi connectivity index (χ3n) is 3.00. The average Bonchev–Trinajstić information content (AvgIpc) is 3.05. The van der Waals surface area contributed by atoms with Gasteiger partial charge in [0.25, 0.3) is 0 Å². The van der Waals surface area contributed by atoms with E-state index in [1.165, 1.54) is 12.8 Å². The molecule has 88 valence electrons. The van der Waals surface area contributed by atoms with Crippen molar-refractivity contribution < 1.29 is 4.42 Å². The highest BCUT2D eigenvalue weighted by Gasteiger charge is 2.29. The smallest absolute Gasteiger partial charge is 0.123 e. The van der Waals surface area contributed by atoms with Crippen molar-refractivity contribution in [1.29, 1.82) is 0 Å². The first kappa shape index (κ1) is 10.2. The molecule has 4 nitrogen and oxygen atoms in total. The van der Waals surface area contributed by atoms with Crippen LogP contribution in [0.3, 0.4) is 0 Å². The molecule has 1 fully saturated rings. The lowest BCUT2D eigenvalue weighted by molar-refractivity contribution is 0.501. The van der Waals surface area contributed by atoms with E-state index in [9.17, 15) is 0 Å². The lowest BCUT2D eigenvalue weighted by Gasteiger charge is -2.23. The number of anilines is 2. The number of pyridine rings is 1. The molecule has 0 radical (unpaired) electrons. The fraction of sp³-hybridized carbons (Fsp3) is 0.308. The largest absolute Gasteiger partial charge is 0.467 e. The Kier molecular flexibility index (Phi) is 2.48. The topological polar surface area (TPSA) is 55.3 Å². The number of nitrogens with zero attached hydrogens (tertiary/aromatic N) is 2. The van der Waals surface area contributed by atoms with E-state index in [2.05, 4.69) is 9.88 Å². The maximum absolute atomic E-state index is 5.61. The number of nitrogens with two attached hydrogens (primary N) is 1. The monoisotopic (exact) mass is 229 g/mol. The van der Waals surface area contributed by atoms with Crippen LogP contribution in [0.15, 0.2) is 41.1 Å². The number of hydrogen-bond donors (Lipinski definition) is 1. The molecule has 0 saturated heterocycles. The summed E-state index contributed by atoms with van der Waals surface area (Å²) in [5, 5.41) is 0. The maximum Gasteiger partial charge on any atom is 0.123 e. The molecule has 2 heterocycles. The molecule has 0 bridgehead atoms. The summed E-state index contributed by atoms with van der Waals surface area (Å²) in [6.45, 7) is 0.795. The van der Waals surface area contributed by atoms with E-state index in [0.717, 1.165) is 18.0 Å². The van der Waals surface area contributed by atoms with Gasteiger partial charge in [-0.25, -0.2) is 4.98 Å². The van der Waals surface area contributed by atoms with Crippen molar-refractivity contribution in [3.8, 4) is 0 Å². The summed E-state index contributed by atoms with van der Waals surface area (Å²) in [4.78, 5) is 6.47. The van der Waals surface area contributed by atoms with E-state index < -0.39 is 0 Å². The molecule has 1 aliphatic carbocycles. The van der Waals surface area contributed by atoms with Gasteiger partial charge in [-0.1, -0.05) is 0 Å². The zero-order valence-electron chi connectivity index (χ0n) is 9.54. The SMILES string of the molecule is Nc1ccc(N(Cc2ccco2)C2CC2)cn1. The second-order valence-corrected chi connectivity index (χ2v) is 4.38. The summed E-state index contributed by atoms with van der Waals surface area (Å²) in [7, 11) is 0. The van der Waals surface area contributed by atoms with Gasteiger partial charge in [0, 0.05) is 6.04 Å². The predicted molar refractivity (Wildman–Crippen MR) is 66.6 cm³/mol. The molecule has 0 aromatic carbocycles. The standard InChI is InChI=1S/C13H15N3O/c14-13-6-5-11(8-15-13)16(10-3-4-10)9-12-2-1-7-17-12/h1-2,5-8,10H,3-4,9H2,(H2,14,15). The predicted octanol–water partition coefficient (Wildman–Crippen LogP) is 2.43. The van der Waals surface area contributed by atoms with E-state index in [-0.39, 0.29) is 0 Å². The third-order valence-corrected chi connectivity index (χ3v) is 3.00. The van der Waals surface area contributed by atoms with E-state index in [1.54, 1.807) is 6.26 Å². The van der Waals surface area contributed by atoms with Crippen LogP contribution >= 0.6 is 0 Å². The number of nitrogen functional groups attached to an aromatic ring is 1. The van der Waals surface area contributed by atoms with Crippen LogP contribution in [0.2, 0.25) is 0 Å². The van der Waals surface area contributed by atoms with Gasteiger partial charge >= 0.3 is 0 Å². The number of rotatable bonds is 4. The molecule has 2 aromatic heterocycles. The van der Waals surface area contributed by atoms with Crippen molar-refractivity contribution in [3.63, 3.8) is 0 Å². The molecule has 0 amide bonds. The van der Waals surface area contributed by atoms with Crippen LogP contribution in [-0.2, 0) is 6.54 Å². The van der Waals surface area contributed by atoms with Gasteiger partial charge in [0.15, 0.2) is 0 Å². The second-order valence-electron chi connectivity index (χ2n) is 4.38. The molecule has 0 aliphatic heterocycles. The zero-order chi connectivity index (χ0) is 11.7. The normalized spacial score (nSPS) is 14.8. The first-order valence-electron chi connectivity index (χ1n) is 5.83. The summed E-state index contributed by atoms with van der Waals surface area (Å²) in [6, 6.07) is 8.39. The first-order chi connectivity index (χ1) is 8.33. The van der Waals surface area contributed by atoms with Crippen molar-refractivity contribution in [2.75, 3.05) is 10.6 Å². The molecular weight excluding hydrogens is 214 g/mol. The summed E-state index contributed by atoms with van der Waals surface area (Å²) in [5.74, 6) is 1.54. The van der Waals surface area contributed by atoms with Crippen LogP contribution < -0.4 is 10.6 Å². The lowest BCUT2D eigenvalue weighted by atomic mass is 10.3. The van der Waals surface area contributed by atoms with Crippen molar-refractivity contribution in [2.45, 2.75) is 25.4 Å². The van der Waals surface area contributed by atoms with Gasteiger partial charge in [-0.05, 0) is 37.1 Å². The Morgan fingerprint density at radius 1 is 1.35 bits per heavy atom. The second kappa shape index (κ2) is 4.13. The molecule has 0 atom stereocenters. The highest BCUT2D eigenvalue weighted by molar-refractivity contribution is 5.50. The molecule has 0 spiro atoms. The highest BCUT2D eigenvalue weighted by Crippen LogP contribution is 2.32. The minimum absolute atomic E-state index is 0.558. The maximum atomic E-state index is 5.61. The minimum atomic E-state index is 0.558. The van der Waals surface area contributed by atoms with E-state index in [0.29, 0.717) is 11.9 Å². The van der Waals surface area contributed by atoms with Gasteiger partial charge in [-0.3, -0.25) is 0 Å². The fourth-order valence-corrected chi connectivity index (χ4v) is 1.96. The summed E-state index contributed by atoms with van der Waals surface area (Å²) in [6.07, 6.45) is 6.02. The fourth-order valence-electron chi connectivity index (χ4n) is 1.96. The Labute approximate surface area is 100 Å². The van der Waals surface area contributed by atoms with Gasteiger partial charge in [-0.15, -0.1) is 0 Å². The first-order valence-corrected chi connectivity index (χ1v) is 5.83. The van der Waals surface area contributed by atoms with E-state index in [4.69, 9.17) is 10.2 Å². The van der Waals surface area contributed by atoms with Crippen molar-refractivity contribution in [1.82, 2.24) is 4.98 Å². The number of hydrogen-bond acceptors (Lipinski definition) is 4. The van der Waals surface area contributed by atoms with Crippen LogP contribution in [-0.4, -0.2) is 11.0 Å². The van der Waals surface area contributed by atoms with Crippen molar-refractivity contribution in [3.05, 3.63) is 42.5 Å². The summed E-state index contributed by atoms with van der Waals surface area (Å²) in [5.41, 5.74) is 6.72. The van der Waals surface area contributed by atoms with Gasteiger partial charge in [-0.2, -0.15) is 0 Å². The molecule has 17 heavy (non-hydrogen) atoms. The van der Waals surface area contributed by atoms with E-state index in [1.807, 2.05) is 30.5 Å². The van der Waals surface area contributed by atoms with Crippen LogP contribution in [0.1, 0.15) is 18.6 Å². The van der Waals surface area contributed by atoms with Gasteiger partial charge in [0.2, 0.25) is 0 Å². The summed E-state index contributed by atoms with van der Waals surface area (Å²) >= 11 is 0. The van der Waals surface area contributed by atoms with Crippen molar-refractivity contribution >= 4 is 11.5 Å². The third kappa shape index (κ3) is 2.25. The van der Waals surface area contributed by atoms with Crippen LogP contribution in [0.4, 0.5) is 11.5 Å². The van der Waals surface area contributed by atoms with Gasteiger partial charge < -0.3 is 15.1 Å². The lowest BCUT2D eigenvalue weighted by Crippen LogP contribution is -2.24. The van der Waals surface area contributed by atoms with Crippen LogP contribution in [0.5, 0.6) is 0 Å². The summed E-state index contributed by atoms with van der Waals surface area (Å²) < 4.78 is 5.40. The molecular formula is C13H15N3O. The van der Waals surface area contributed by atoms with Crippen LogP contribution in [0.25, 0.3) is 0 Å². The zero-order valence-corrected chi connectivity index (χ0v) is 9.54. The quantitative estimate of drug-likeness (QED) is 0.874. The molecule has 1 aliphatic rings. The number of furan rings is 1. The Morgan fingerprint density at radius 3 is 2.82 bits per heavy atom. The molecule has 2 aromatic rings. The van der Waals surface area contributed by atoms with Gasteiger partial charge in [0.05, 0.1) is 24.7 Å². The van der Waals surface area contributed by atoms with Crippen LogP contribution in [0, 0.1) is 0 Å². The Hall–Kier alpha value is -1.97. The highest BCUT2D eigenvalue weighted by atomic mass is 16.3. The minimum Gasteiger partial charge on any atom is -0.467 e. The molecule has 1 saturated carbocycles. The van der Waals surface area contributed by atoms with Crippen molar-refractivity contribution in [2.24, 2.45) is 0 Å². The molecule has 0 unspecified atom stereocenters. The molecule has 3 rings (SSSR count). The Bertz CT molecular complexity index is 474. The number of aromatic nitrogens is 1. The molecule has 2 N–H and O–H groups in total. The molecule has 4 heteroatoms.